The second-order valence-corrected chi connectivity index (χ2v) is 10.9. The van der Waals surface area contributed by atoms with Crippen LogP contribution < -0.4 is 0 Å². The van der Waals surface area contributed by atoms with Crippen molar-refractivity contribution in [3.05, 3.63) is 0 Å². The zero-order chi connectivity index (χ0) is 19.0. The van der Waals surface area contributed by atoms with Gasteiger partial charge in [0.05, 0.1) is 12.2 Å². The van der Waals surface area contributed by atoms with Gasteiger partial charge in [0.15, 0.2) is 0 Å². The van der Waals surface area contributed by atoms with Crippen molar-refractivity contribution >= 4 is 5.97 Å². The predicted octanol–water partition coefficient (Wildman–Crippen LogP) is 4.25. The second-order valence-electron chi connectivity index (χ2n) is 10.9. The highest BCUT2D eigenvalue weighted by Crippen LogP contribution is 2.72. The van der Waals surface area contributed by atoms with Crippen molar-refractivity contribution in [3.8, 4) is 0 Å². The van der Waals surface area contributed by atoms with Gasteiger partial charge in [0.2, 0.25) is 0 Å². The molecule has 4 saturated carbocycles. The molecule has 152 valence electrons. The Morgan fingerprint density at radius 3 is 2.74 bits per heavy atom. The Bertz CT molecular complexity index is 619. The lowest BCUT2D eigenvalue weighted by Crippen LogP contribution is -2.54. The molecule has 1 saturated heterocycles. The maximum atomic E-state index is 11.0. The third-order valence-electron chi connectivity index (χ3n) is 9.94. The average molecular weight is 377 g/mol. The Balaban J connectivity index is 1.36. The number of hydrogen-bond donors (Lipinski definition) is 2. The van der Waals surface area contributed by atoms with Gasteiger partial charge < -0.3 is 14.9 Å². The van der Waals surface area contributed by atoms with E-state index in [2.05, 4.69) is 13.8 Å². The van der Waals surface area contributed by atoms with Crippen LogP contribution in [0.3, 0.4) is 0 Å². The molecule has 2 N–H and O–H groups in total. The molecule has 0 radical (unpaired) electrons. The second kappa shape index (κ2) is 6.19. The highest BCUT2D eigenvalue weighted by atomic mass is 16.6. The number of aliphatic hydroxyl groups is 1. The lowest BCUT2D eigenvalue weighted by Gasteiger charge is -2.58. The molecule has 1 heterocycles. The van der Waals surface area contributed by atoms with Crippen LogP contribution in [0.5, 0.6) is 0 Å². The summed E-state index contributed by atoms with van der Waals surface area (Å²) in [6.07, 6.45) is 10.9. The van der Waals surface area contributed by atoms with Gasteiger partial charge in [0, 0.05) is 6.42 Å². The van der Waals surface area contributed by atoms with Crippen molar-refractivity contribution in [1.82, 2.24) is 0 Å². The van der Waals surface area contributed by atoms with Gasteiger partial charge in [0.25, 0.3) is 0 Å². The molecular weight excluding hydrogens is 340 g/mol. The fraction of sp³-hybridized carbons (Fsp3) is 0.957. The van der Waals surface area contributed by atoms with Crippen LogP contribution in [0.1, 0.15) is 78.1 Å². The number of carboxylic acids is 1. The van der Waals surface area contributed by atoms with E-state index in [9.17, 15) is 9.90 Å². The summed E-state index contributed by atoms with van der Waals surface area (Å²) in [7, 11) is 0. The molecule has 0 bridgehead atoms. The maximum Gasteiger partial charge on any atom is 0.303 e. The summed E-state index contributed by atoms with van der Waals surface area (Å²) in [4.78, 5) is 11.0. The molecule has 0 aromatic carbocycles. The molecule has 4 aliphatic carbocycles. The van der Waals surface area contributed by atoms with Gasteiger partial charge in [-0.15, -0.1) is 0 Å². The van der Waals surface area contributed by atoms with E-state index in [1.807, 2.05) is 0 Å². The molecule has 5 fully saturated rings. The topological polar surface area (TPSA) is 70.1 Å². The molecule has 27 heavy (non-hydrogen) atoms. The number of rotatable bonds is 4. The summed E-state index contributed by atoms with van der Waals surface area (Å²) in [5.74, 6) is 3.29. The molecule has 0 aromatic heterocycles. The van der Waals surface area contributed by atoms with Gasteiger partial charge in [-0.05, 0) is 98.7 Å². The first-order valence-corrected chi connectivity index (χ1v) is 11.4. The van der Waals surface area contributed by atoms with Crippen LogP contribution in [0.4, 0.5) is 0 Å². The number of carboxylic acid groups (broad SMARTS) is 1. The van der Waals surface area contributed by atoms with Gasteiger partial charge in [-0.3, -0.25) is 4.79 Å². The molecule has 4 nitrogen and oxygen atoms in total. The lowest BCUT2D eigenvalue weighted by atomic mass is 9.46. The summed E-state index contributed by atoms with van der Waals surface area (Å²) in [5.41, 5.74) is 0.490. The van der Waals surface area contributed by atoms with Crippen LogP contribution in [-0.4, -0.2) is 34.0 Å². The molecule has 0 amide bonds. The standard InChI is InChI=1S/C23H36O4/c1-13(3-8-21(25)26)17-6-7-18-16-5-4-14-11-15(24)9-10-22(14,2)19(16)12-20-23(17,18)27-20/h13-20,24H,3-12H2,1-2H3,(H,25,26). The highest BCUT2D eigenvalue weighted by molar-refractivity contribution is 5.66. The normalized spacial score (nSPS) is 54.3. The molecule has 1 spiro atoms. The molecule has 0 aromatic rings. The Hall–Kier alpha value is -0.610. The van der Waals surface area contributed by atoms with Crippen LogP contribution in [0.25, 0.3) is 0 Å². The average Bonchev–Trinajstić information content (AvgIpc) is 3.22. The quantitative estimate of drug-likeness (QED) is 0.720. The van der Waals surface area contributed by atoms with E-state index in [0.29, 0.717) is 35.2 Å². The van der Waals surface area contributed by atoms with Crippen molar-refractivity contribution in [1.29, 1.82) is 0 Å². The van der Waals surface area contributed by atoms with Gasteiger partial charge in [0.1, 0.15) is 5.60 Å². The number of aliphatic carboxylic acids is 1. The van der Waals surface area contributed by atoms with Crippen LogP contribution in [0, 0.1) is 40.9 Å². The summed E-state index contributed by atoms with van der Waals surface area (Å²) in [6.45, 7) is 4.79. The van der Waals surface area contributed by atoms with E-state index >= 15 is 0 Å². The zero-order valence-electron chi connectivity index (χ0n) is 16.9. The molecule has 10 unspecified atom stereocenters. The van der Waals surface area contributed by atoms with E-state index in [4.69, 9.17) is 9.84 Å². The number of epoxide rings is 1. The van der Waals surface area contributed by atoms with E-state index in [-0.39, 0.29) is 18.1 Å². The van der Waals surface area contributed by atoms with Crippen molar-refractivity contribution in [2.45, 2.75) is 95.9 Å². The van der Waals surface area contributed by atoms with Crippen molar-refractivity contribution in [2.75, 3.05) is 0 Å². The van der Waals surface area contributed by atoms with E-state index in [0.717, 1.165) is 31.1 Å². The fourth-order valence-corrected chi connectivity index (χ4v) is 8.59. The smallest absolute Gasteiger partial charge is 0.303 e. The predicted molar refractivity (Wildman–Crippen MR) is 102 cm³/mol. The maximum absolute atomic E-state index is 11.0. The molecule has 10 atom stereocenters. The minimum Gasteiger partial charge on any atom is -0.481 e. The Labute approximate surface area is 163 Å². The van der Waals surface area contributed by atoms with Crippen molar-refractivity contribution in [2.24, 2.45) is 40.9 Å². The zero-order valence-corrected chi connectivity index (χ0v) is 16.9. The minimum absolute atomic E-state index is 0.0783. The molecule has 5 rings (SSSR count). The Morgan fingerprint density at radius 2 is 1.96 bits per heavy atom. The monoisotopic (exact) mass is 376 g/mol. The van der Waals surface area contributed by atoms with Crippen molar-refractivity contribution < 1.29 is 19.7 Å². The molecule has 1 aliphatic heterocycles. The van der Waals surface area contributed by atoms with Crippen LogP contribution in [-0.2, 0) is 9.53 Å². The number of aliphatic hydroxyl groups excluding tert-OH is 1. The van der Waals surface area contributed by atoms with E-state index < -0.39 is 5.97 Å². The first-order chi connectivity index (χ1) is 12.9. The largest absolute Gasteiger partial charge is 0.481 e. The number of ether oxygens (including phenoxy) is 1. The first-order valence-electron chi connectivity index (χ1n) is 11.4. The number of hydrogen-bond acceptors (Lipinski definition) is 3. The lowest BCUT2D eigenvalue weighted by molar-refractivity contribution is -0.137. The summed E-state index contributed by atoms with van der Waals surface area (Å²) < 4.78 is 6.57. The summed E-state index contributed by atoms with van der Waals surface area (Å²) in [5, 5.41) is 19.3. The van der Waals surface area contributed by atoms with Gasteiger partial charge in [-0.2, -0.15) is 0 Å². The van der Waals surface area contributed by atoms with Crippen molar-refractivity contribution in [3.63, 3.8) is 0 Å². The summed E-state index contributed by atoms with van der Waals surface area (Å²) in [6, 6.07) is 0. The number of carbonyl (C=O) groups is 1. The van der Waals surface area contributed by atoms with Crippen LogP contribution in [0.15, 0.2) is 0 Å². The Morgan fingerprint density at radius 1 is 1.15 bits per heavy atom. The minimum atomic E-state index is -0.670. The Kier molecular flexibility index (Phi) is 4.22. The first kappa shape index (κ1) is 18.4. The third kappa shape index (κ3) is 2.58. The van der Waals surface area contributed by atoms with Crippen LogP contribution in [0.2, 0.25) is 0 Å². The van der Waals surface area contributed by atoms with E-state index in [1.165, 1.54) is 38.5 Å². The number of fused-ring (bicyclic) bond motifs is 4. The molecule has 4 heteroatoms. The SMILES string of the molecule is CC(CCC(=O)O)C1CCC2C3CCC4CC(O)CCC4(C)C3CC3OC312. The van der Waals surface area contributed by atoms with Gasteiger partial charge in [-0.1, -0.05) is 13.8 Å². The molecule has 5 aliphatic rings. The fourth-order valence-electron chi connectivity index (χ4n) is 8.59. The van der Waals surface area contributed by atoms with Crippen LogP contribution >= 0.6 is 0 Å². The van der Waals surface area contributed by atoms with Gasteiger partial charge in [-0.25, -0.2) is 0 Å². The highest BCUT2D eigenvalue weighted by Gasteiger charge is 2.74. The van der Waals surface area contributed by atoms with E-state index in [1.54, 1.807) is 0 Å². The summed E-state index contributed by atoms with van der Waals surface area (Å²) >= 11 is 0. The third-order valence-corrected chi connectivity index (χ3v) is 9.94. The molecular formula is C23H36O4. The van der Waals surface area contributed by atoms with Gasteiger partial charge >= 0.3 is 5.97 Å².